The van der Waals surface area contributed by atoms with E-state index in [-0.39, 0.29) is 83.4 Å². The molecule has 3 rings (SSSR count). The lowest BCUT2D eigenvalue weighted by atomic mass is 9.49. The molecular weight excluding hydrogens is 1410 g/mol. The molecule has 3 aliphatic rings. The van der Waals surface area contributed by atoms with E-state index in [9.17, 15) is 92.2 Å². The largest absolute Gasteiger partial charge is 0.395 e. The first kappa shape index (κ1) is 110. The Bertz CT molecular complexity index is 2220. The van der Waals surface area contributed by atoms with Crippen molar-refractivity contribution < 1.29 is 92.2 Å². The van der Waals surface area contributed by atoms with Gasteiger partial charge in [0, 0.05) is 0 Å². The van der Waals surface area contributed by atoms with Gasteiger partial charge in [0.15, 0.2) is 0 Å². The van der Waals surface area contributed by atoms with Crippen LogP contribution >= 0.6 is 0 Å². The Morgan fingerprint density at radius 1 is 0.267 bits per heavy atom. The first-order valence-electron chi connectivity index (χ1n) is 40.1. The average molecular weight is 1560 g/mol. The normalized spacial score (nSPS) is 19.7. The van der Waals surface area contributed by atoms with Gasteiger partial charge in [0.25, 0.3) is 0 Å². The van der Waals surface area contributed by atoms with Gasteiger partial charge in [-0.1, -0.05) is 286 Å². The maximum atomic E-state index is 14.2. The molecule has 21 heteroatoms. The van der Waals surface area contributed by atoms with Gasteiger partial charge in [0.2, 0.25) is 0 Å². The molecule has 0 aromatic rings. The third-order valence-corrected chi connectivity index (χ3v) is 28.2. The highest BCUT2D eigenvalue weighted by molar-refractivity contribution is 5.06. The minimum atomic E-state index is -4.18. The van der Waals surface area contributed by atoms with Gasteiger partial charge in [0.1, 0.15) is 0 Å². The second kappa shape index (κ2) is 42.1. The molecule has 105 heavy (non-hydrogen) atoms. The Morgan fingerprint density at radius 2 is 0.495 bits per heavy atom. The van der Waals surface area contributed by atoms with Gasteiger partial charge < -0.3 is 0 Å². The molecule has 0 bridgehead atoms. The molecular formula is C84H155F21. The van der Waals surface area contributed by atoms with Crippen molar-refractivity contribution in [3.63, 3.8) is 0 Å². The van der Waals surface area contributed by atoms with E-state index in [0.717, 1.165) is 38.5 Å². The molecule has 0 radical (unpaired) electrons. The quantitative estimate of drug-likeness (QED) is 0.0895. The Morgan fingerprint density at radius 3 is 0.657 bits per heavy atom. The predicted octanol–water partition coefficient (Wildman–Crippen LogP) is 34.4. The van der Waals surface area contributed by atoms with Crippen molar-refractivity contribution in [3.8, 4) is 0 Å². The van der Waals surface area contributed by atoms with Crippen molar-refractivity contribution in [3.05, 3.63) is 0 Å². The summed E-state index contributed by atoms with van der Waals surface area (Å²) in [5.41, 5.74) is -11.9. The van der Waals surface area contributed by atoms with Crippen LogP contribution in [0, 0.1) is 125 Å². The molecule has 0 aliphatic heterocycles. The summed E-state index contributed by atoms with van der Waals surface area (Å²) in [5, 5.41) is 0. The van der Waals surface area contributed by atoms with Crippen molar-refractivity contribution >= 4 is 0 Å². The molecule has 2 unspecified atom stereocenters. The molecule has 0 amide bonds. The number of hydrogen-bond donors (Lipinski definition) is 0. The Hall–Kier alpha value is -1.47. The Kier molecular flexibility index (Phi) is 44.0. The summed E-state index contributed by atoms with van der Waals surface area (Å²) >= 11 is 0. The fourth-order valence-corrected chi connectivity index (χ4v) is 19.2. The van der Waals surface area contributed by atoms with Gasteiger partial charge >= 0.3 is 43.2 Å². The molecule has 3 aliphatic carbocycles. The lowest BCUT2D eigenvalue weighted by Gasteiger charge is -2.57. The van der Waals surface area contributed by atoms with Crippen molar-refractivity contribution in [2.45, 2.75) is 413 Å². The van der Waals surface area contributed by atoms with Gasteiger partial charge in [-0.2, -0.15) is 92.2 Å². The second-order valence-corrected chi connectivity index (χ2v) is 37.0. The van der Waals surface area contributed by atoms with Crippen LogP contribution in [0.2, 0.25) is 0 Å². The van der Waals surface area contributed by atoms with Gasteiger partial charge in [-0.25, -0.2) is 0 Å². The van der Waals surface area contributed by atoms with Crippen LogP contribution in [0.1, 0.15) is 370 Å². The third-order valence-electron chi connectivity index (χ3n) is 28.2. The molecule has 0 aromatic carbocycles. The van der Waals surface area contributed by atoms with E-state index in [1.54, 1.807) is 27.7 Å². The predicted molar refractivity (Wildman–Crippen MR) is 397 cm³/mol. The maximum absolute atomic E-state index is 14.2. The summed E-state index contributed by atoms with van der Waals surface area (Å²) < 4.78 is 275. The molecule has 0 saturated heterocycles. The molecule has 0 spiro atoms. The van der Waals surface area contributed by atoms with Crippen LogP contribution in [0.4, 0.5) is 92.2 Å². The summed E-state index contributed by atoms with van der Waals surface area (Å²) in [6, 6.07) is 0. The van der Waals surface area contributed by atoms with E-state index in [0.29, 0.717) is 89.9 Å². The number of hydrogen-bond acceptors (Lipinski definition) is 0. The van der Waals surface area contributed by atoms with Crippen LogP contribution in [-0.4, -0.2) is 43.2 Å². The summed E-state index contributed by atoms with van der Waals surface area (Å²) in [6.07, 6.45) is -16.1. The second-order valence-electron chi connectivity index (χ2n) is 37.0. The highest BCUT2D eigenvalue weighted by Gasteiger charge is 2.68. The SMILES string of the molecule is CC(C)C(C(C)C)[C@](C)(C(C)C)C(F)(F)F.CC1(C(F)(F)F)CCCC1.CC1(C(F)(F)F)CCCCC1.CC1(C)CCC(C)(C(F)(F)F)CC1.CCC(C)(CC)C(C)(C(F)(F)F)C(C)(CC)CC.CCC(C)C(C(C)C)[C@](C)(C(C(C)C)C(C)C)C(F)(F)F.CCC(CC)C(C)(C(CC)CC)C(F)(F)F. The van der Waals surface area contributed by atoms with Crippen molar-refractivity contribution in [1.29, 1.82) is 0 Å². The van der Waals surface area contributed by atoms with E-state index in [1.807, 2.05) is 152 Å². The van der Waals surface area contributed by atoms with Crippen LogP contribution in [0.5, 0.6) is 0 Å². The molecule has 0 aromatic heterocycles. The zero-order valence-corrected chi connectivity index (χ0v) is 71.9. The van der Waals surface area contributed by atoms with Gasteiger partial charge in [-0.3, -0.25) is 0 Å². The highest BCUT2D eigenvalue weighted by atomic mass is 19.4. The Labute approximate surface area is 628 Å². The zero-order valence-electron chi connectivity index (χ0n) is 71.9. The molecule has 0 heterocycles. The van der Waals surface area contributed by atoms with E-state index in [2.05, 4.69) is 0 Å². The first-order chi connectivity index (χ1) is 46.6. The van der Waals surface area contributed by atoms with Gasteiger partial charge in [-0.05, 0) is 171 Å². The van der Waals surface area contributed by atoms with E-state index in [4.69, 9.17) is 0 Å². The topological polar surface area (TPSA) is 0 Å². The number of halogens is 21. The first-order valence-corrected chi connectivity index (χ1v) is 40.1. The lowest BCUT2D eigenvalue weighted by Crippen LogP contribution is -2.57. The van der Waals surface area contributed by atoms with Crippen molar-refractivity contribution in [1.82, 2.24) is 0 Å². The van der Waals surface area contributed by atoms with E-state index >= 15 is 0 Å². The molecule has 3 saturated carbocycles. The van der Waals surface area contributed by atoms with Crippen molar-refractivity contribution in [2.24, 2.45) is 125 Å². The standard InChI is InChI=1S/C18H35F3.C15H29F3.2C13H25F3.C10H17F3.C8H13F3.C7H11F3/c1-10-14(8)16(13(6)7)17(9,18(19,20)21)15(11(2)3)12(4)5;1-8-12(5,9-2)14(7,15(16,17)18)13(6,10-3)11-4;1-8(2)11(9(3)4)12(7,10(5)6)13(14,15)16;1-6-10(7-2)12(5,13(14,15)16)11(8-3)9-4;1-8(2)4-6-9(3,7-5-8)10(11,12)13;1-7(8(9,10)11)5-3-2-4-6-7;1-6(7(8,9)10)4-2-3-5-6/h11-16H,10H2,1-9H3;8-11H2,1-7H3;8-11H,1-7H3;10-11H,6-9H2,1-5H3;4-7H2,1-3H3;2-6H2,1H3;2-5H2,1H3/t14?,16?,17-;;12-;;;;/m0.0..../s1. The minimum Gasteiger partial charge on any atom is -0.171 e. The van der Waals surface area contributed by atoms with Crippen LogP contribution < -0.4 is 0 Å². The monoisotopic (exact) mass is 1560 g/mol. The summed E-state index contributed by atoms with van der Waals surface area (Å²) in [5.74, 6) is -1.80. The highest BCUT2D eigenvalue weighted by Crippen LogP contribution is 2.66. The zero-order chi connectivity index (χ0) is 85.0. The fourth-order valence-electron chi connectivity index (χ4n) is 19.2. The molecule has 0 N–H and O–H groups in total. The third kappa shape index (κ3) is 27.4. The van der Waals surface area contributed by atoms with E-state index in [1.165, 1.54) is 48.5 Å². The van der Waals surface area contributed by atoms with E-state index < -0.39 is 97.9 Å². The van der Waals surface area contributed by atoms with Crippen LogP contribution in [0.3, 0.4) is 0 Å². The van der Waals surface area contributed by atoms with Crippen molar-refractivity contribution in [2.75, 3.05) is 0 Å². The minimum absolute atomic E-state index is 0.0157. The summed E-state index contributed by atoms with van der Waals surface area (Å²) in [4.78, 5) is 0. The van der Waals surface area contributed by atoms with Crippen LogP contribution in [0.15, 0.2) is 0 Å². The summed E-state index contributed by atoms with van der Waals surface area (Å²) in [7, 11) is 0. The smallest absolute Gasteiger partial charge is 0.171 e. The molecule has 3 fully saturated rings. The number of rotatable bonds is 23. The van der Waals surface area contributed by atoms with Crippen LogP contribution in [-0.2, 0) is 0 Å². The van der Waals surface area contributed by atoms with Gasteiger partial charge in [-0.15, -0.1) is 0 Å². The molecule has 4 atom stereocenters. The Balaban J connectivity index is -0.000000573. The average Bonchev–Trinajstić information content (AvgIpc) is 1.05. The molecule has 0 nitrogen and oxygen atoms in total. The fraction of sp³-hybridized carbons (Fsp3) is 1.00. The molecule has 638 valence electrons. The maximum Gasteiger partial charge on any atom is 0.395 e. The van der Waals surface area contributed by atoms with Crippen LogP contribution in [0.25, 0.3) is 0 Å². The summed E-state index contributed by atoms with van der Waals surface area (Å²) in [6.45, 7) is 58.8. The lowest BCUT2D eigenvalue weighted by molar-refractivity contribution is -0.301. The van der Waals surface area contributed by atoms with Gasteiger partial charge in [0.05, 0.1) is 37.9 Å². The number of alkyl halides is 21.